The van der Waals surface area contributed by atoms with Crippen molar-refractivity contribution in [2.75, 3.05) is 25.0 Å². The van der Waals surface area contributed by atoms with E-state index in [1.54, 1.807) is 12.1 Å². The summed E-state index contributed by atoms with van der Waals surface area (Å²) < 4.78 is 14.4. The summed E-state index contributed by atoms with van der Waals surface area (Å²) in [7, 11) is 0. The first-order valence-electron chi connectivity index (χ1n) is 8.09. The number of nitrogens with one attached hydrogen (secondary N) is 1. The van der Waals surface area contributed by atoms with Crippen molar-refractivity contribution >= 4 is 27.5 Å². The highest BCUT2D eigenvalue weighted by Crippen LogP contribution is 2.35. The van der Waals surface area contributed by atoms with Crippen molar-refractivity contribution in [3.8, 4) is 0 Å². The first-order valence-corrected chi connectivity index (χ1v) is 8.88. The molecular formula is C17H22BrFN2O. The summed E-state index contributed by atoms with van der Waals surface area (Å²) in [6.45, 7) is 2.36. The lowest BCUT2D eigenvalue weighted by molar-refractivity contribution is -0.118. The number of amides is 1. The van der Waals surface area contributed by atoms with E-state index in [0.717, 1.165) is 24.9 Å². The van der Waals surface area contributed by atoms with E-state index in [1.807, 2.05) is 0 Å². The van der Waals surface area contributed by atoms with Crippen LogP contribution in [-0.2, 0) is 4.79 Å². The van der Waals surface area contributed by atoms with E-state index in [2.05, 4.69) is 26.1 Å². The van der Waals surface area contributed by atoms with E-state index in [0.29, 0.717) is 11.0 Å². The largest absolute Gasteiger partial charge is 0.322 e. The number of benzene rings is 1. The molecule has 1 N–H and O–H groups in total. The predicted molar refractivity (Wildman–Crippen MR) is 89.2 cm³/mol. The number of carbonyl (C=O) groups is 1. The number of hydrogen-bond acceptors (Lipinski definition) is 2. The van der Waals surface area contributed by atoms with Crippen LogP contribution in [0.1, 0.15) is 32.1 Å². The quantitative estimate of drug-likeness (QED) is 0.872. The van der Waals surface area contributed by atoms with Crippen molar-refractivity contribution in [3.05, 3.63) is 28.5 Å². The number of carbonyl (C=O) groups excluding carboxylic acids is 1. The first kappa shape index (κ1) is 15.9. The summed E-state index contributed by atoms with van der Waals surface area (Å²) >= 11 is 3.21. The summed E-state index contributed by atoms with van der Waals surface area (Å²) in [6, 6.07) is 4.68. The van der Waals surface area contributed by atoms with Crippen molar-refractivity contribution in [2.24, 2.45) is 11.8 Å². The van der Waals surface area contributed by atoms with Crippen LogP contribution in [0.25, 0.3) is 0 Å². The van der Waals surface area contributed by atoms with Crippen LogP contribution in [0.5, 0.6) is 0 Å². The lowest BCUT2D eigenvalue weighted by atomic mass is 9.75. The number of rotatable bonds is 3. The maximum Gasteiger partial charge on any atom is 0.238 e. The molecule has 0 unspecified atom stereocenters. The highest BCUT2D eigenvalue weighted by Gasteiger charge is 2.31. The second-order valence-electron chi connectivity index (χ2n) is 6.50. The Kier molecular flexibility index (Phi) is 5.14. The zero-order valence-electron chi connectivity index (χ0n) is 12.7. The fourth-order valence-electron chi connectivity index (χ4n) is 3.80. The molecule has 1 saturated heterocycles. The summed E-state index contributed by atoms with van der Waals surface area (Å²) in [4.78, 5) is 14.4. The summed E-state index contributed by atoms with van der Waals surface area (Å²) in [5.41, 5.74) is 0.251. The second-order valence-corrected chi connectivity index (χ2v) is 7.42. The Balaban J connectivity index is 1.53. The molecule has 1 heterocycles. The van der Waals surface area contributed by atoms with Crippen LogP contribution in [0, 0.1) is 17.7 Å². The molecule has 120 valence electrons. The molecule has 1 aliphatic heterocycles. The molecule has 0 bridgehead atoms. The Morgan fingerprint density at radius 1 is 1.27 bits per heavy atom. The maximum atomic E-state index is 13.8. The average Bonchev–Trinajstić information content (AvgIpc) is 2.50. The highest BCUT2D eigenvalue weighted by molar-refractivity contribution is 9.10. The molecule has 5 heteroatoms. The van der Waals surface area contributed by atoms with Crippen LogP contribution in [0.15, 0.2) is 22.7 Å². The SMILES string of the molecule is O=C(CN1CC[C@@H]2CCCC[C@@H]2C1)Nc1ccc(Br)cc1F. The van der Waals surface area contributed by atoms with Crippen LogP contribution in [0.3, 0.4) is 0 Å². The third kappa shape index (κ3) is 3.87. The van der Waals surface area contributed by atoms with Gasteiger partial charge in [0.05, 0.1) is 12.2 Å². The third-order valence-corrected chi connectivity index (χ3v) is 5.44. The lowest BCUT2D eigenvalue weighted by Gasteiger charge is -2.41. The minimum absolute atomic E-state index is 0.129. The monoisotopic (exact) mass is 368 g/mol. The van der Waals surface area contributed by atoms with E-state index in [9.17, 15) is 9.18 Å². The molecule has 1 amide bonds. The van der Waals surface area contributed by atoms with Crippen LogP contribution in [0.2, 0.25) is 0 Å². The predicted octanol–water partition coefficient (Wildman–Crippen LogP) is 4.04. The van der Waals surface area contributed by atoms with Crippen molar-refractivity contribution < 1.29 is 9.18 Å². The zero-order valence-corrected chi connectivity index (χ0v) is 14.2. The average molecular weight is 369 g/mol. The van der Waals surface area contributed by atoms with Crippen molar-refractivity contribution in [1.29, 1.82) is 0 Å². The van der Waals surface area contributed by atoms with Gasteiger partial charge in [0, 0.05) is 11.0 Å². The molecule has 1 aliphatic carbocycles. The number of fused-ring (bicyclic) bond motifs is 1. The standard InChI is InChI=1S/C17H22BrFN2O/c18-14-5-6-16(15(19)9-14)20-17(22)11-21-8-7-12-3-1-2-4-13(12)10-21/h5-6,9,12-13H,1-4,7-8,10-11H2,(H,20,22)/t12-,13+/m0/s1. The van der Waals surface area contributed by atoms with Crippen LogP contribution >= 0.6 is 15.9 Å². The van der Waals surface area contributed by atoms with Crippen LogP contribution in [0.4, 0.5) is 10.1 Å². The fraction of sp³-hybridized carbons (Fsp3) is 0.588. The van der Waals surface area contributed by atoms with Crippen molar-refractivity contribution in [3.63, 3.8) is 0 Å². The van der Waals surface area contributed by atoms with Gasteiger partial charge in [0.25, 0.3) is 0 Å². The third-order valence-electron chi connectivity index (χ3n) is 4.95. The van der Waals surface area contributed by atoms with Gasteiger partial charge in [-0.3, -0.25) is 9.69 Å². The Hall–Kier alpha value is -0.940. The van der Waals surface area contributed by atoms with Crippen molar-refractivity contribution in [1.82, 2.24) is 4.90 Å². The highest BCUT2D eigenvalue weighted by atomic mass is 79.9. The summed E-state index contributed by atoms with van der Waals surface area (Å²) in [5.74, 6) is 1.07. The molecule has 22 heavy (non-hydrogen) atoms. The van der Waals surface area contributed by atoms with Crippen LogP contribution in [-0.4, -0.2) is 30.4 Å². The van der Waals surface area contributed by atoms with E-state index < -0.39 is 5.82 Å². The van der Waals surface area contributed by atoms with Gasteiger partial charge in [0.1, 0.15) is 5.82 Å². The van der Waals surface area contributed by atoms with Gasteiger partial charge in [-0.2, -0.15) is 0 Å². The molecule has 2 fully saturated rings. The number of likely N-dealkylation sites (tertiary alicyclic amines) is 1. The Labute approximate surface area is 139 Å². The molecule has 3 nitrogen and oxygen atoms in total. The van der Waals surface area contributed by atoms with Gasteiger partial charge >= 0.3 is 0 Å². The normalized spacial score (nSPS) is 25.5. The number of hydrogen-bond donors (Lipinski definition) is 1. The summed E-state index contributed by atoms with van der Waals surface area (Å²) in [5, 5.41) is 2.68. The molecule has 1 aromatic rings. The van der Waals surface area contributed by atoms with Gasteiger partial charge in [0.2, 0.25) is 5.91 Å². The van der Waals surface area contributed by atoms with E-state index in [1.165, 1.54) is 38.2 Å². The molecule has 2 aliphatic rings. The second kappa shape index (κ2) is 7.09. The molecule has 0 spiro atoms. The smallest absolute Gasteiger partial charge is 0.238 e. The first-order chi connectivity index (χ1) is 10.6. The van der Waals surface area contributed by atoms with Gasteiger partial charge in [-0.05, 0) is 49.4 Å². The number of anilines is 1. The minimum Gasteiger partial charge on any atom is -0.322 e. The molecule has 0 radical (unpaired) electrons. The van der Waals surface area contributed by atoms with Crippen molar-refractivity contribution in [2.45, 2.75) is 32.1 Å². The molecule has 3 rings (SSSR count). The number of piperidine rings is 1. The lowest BCUT2D eigenvalue weighted by Crippen LogP contribution is -2.44. The van der Waals surface area contributed by atoms with E-state index in [-0.39, 0.29) is 11.6 Å². The van der Waals surface area contributed by atoms with Gasteiger partial charge in [-0.25, -0.2) is 4.39 Å². The van der Waals surface area contributed by atoms with Crippen LogP contribution < -0.4 is 5.32 Å². The number of halogens is 2. The molecular weight excluding hydrogens is 347 g/mol. The molecule has 1 aromatic carbocycles. The zero-order chi connectivity index (χ0) is 15.5. The maximum absolute atomic E-state index is 13.8. The topological polar surface area (TPSA) is 32.3 Å². The number of nitrogens with zero attached hydrogens (tertiary/aromatic N) is 1. The van der Waals surface area contributed by atoms with Gasteiger partial charge in [-0.15, -0.1) is 0 Å². The minimum atomic E-state index is -0.409. The molecule has 2 atom stereocenters. The van der Waals surface area contributed by atoms with E-state index in [4.69, 9.17) is 0 Å². The molecule has 1 saturated carbocycles. The Morgan fingerprint density at radius 3 is 2.82 bits per heavy atom. The Bertz CT molecular complexity index is 551. The molecule has 0 aromatic heterocycles. The van der Waals surface area contributed by atoms with Gasteiger partial charge in [-0.1, -0.05) is 35.2 Å². The fourth-order valence-corrected chi connectivity index (χ4v) is 4.14. The van der Waals surface area contributed by atoms with Gasteiger partial charge < -0.3 is 5.32 Å². The summed E-state index contributed by atoms with van der Waals surface area (Å²) in [6.07, 6.45) is 6.54. The van der Waals surface area contributed by atoms with Gasteiger partial charge in [0.15, 0.2) is 0 Å². The van der Waals surface area contributed by atoms with E-state index >= 15 is 0 Å². The Morgan fingerprint density at radius 2 is 2.05 bits per heavy atom.